The van der Waals surface area contributed by atoms with Crippen molar-refractivity contribution < 1.29 is 9.59 Å². The standard InChI is InChI=1S/C23H22Cl2O2/c24-17-8-4-15(5-9-17)20-13-19(26)14-21(16-6-10-18(25)11-7-16)23(20)12-2-1-3-22(23)27/h4-11,20-21H,1-3,12-14H2. The van der Waals surface area contributed by atoms with Gasteiger partial charge in [-0.25, -0.2) is 0 Å². The molecule has 2 atom stereocenters. The molecule has 2 unspecified atom stereocenters. The highest BCUT2D eigenvalue weighted by Crippen LogP contribution is 2.59. The lowest BCUT2D eigenvalue weighted by atomic mass is 9.51. The molecule has 0 bridgehead atoms. The van der Waals surface area contributed by atoms with Gasteiger partial charge in [-0.05, 0) is 48.2 Å². The molecule has 0 aliphatic heterocycles. The lowest BCUT2D eigenvalue weighted by Crippen LogP contribution is -2.49. The van der Waals surface area contributed by atoms with Gasteiger partial charge in [0.05, 0.1) is 0 Å². The molecule has 2 aliphatic carbocycles. The molecule has 140 valence electrons. The average molecular weight is 401 g/mol. The minimum atomic E-state index is -0.520. The summed E-state index contributed by atoms with van der Waals surface area (Å²) in [6.45, 7) is 0. The largest absolute Gasteiger partial charge is 0.300 e. The van der Waals surface area contributed by atoms with Crippen molar-refractivity contribution in [1.82, 2.24) is 0 Å². The van der Waals surface area contributed by atoms with Crippen LogP contribution in [-0.4, -0.2) is 11.6 Å². The molecular formula is C23H22Cl2O2. The maximum atomic E-state index is 13.4. The second kappa shape index (κ2) is 7.41. The first-order chi connectivity index (χ1) is 13.0. The van der Waals surface area contributed by atoms with Crippen LogP contribution in [-0.2, 0) is 9.59 Å². The molecule has 27 heavy (non-hydrogen) atoms. The first-order valence-electron chi connectivity index (χ1n) is 9.56. The van der Waals surface area contributed by atoms with Crippen molar-refractivity contribution in [2.75, 3.05) is 0 Å². The summed E-state index contributed by atoms with van der Waals surface area (Å²) in [6, 6.07) is 15.3. The highest BCUT2D eigenvalue weighted by molar-refractivity contribution is 6.30. The first-order valence-corrected chi connectivity index (χ1v) is 10.3. The van der Waals surface area contributed by atoms with Crippen molar-refractivity contribution in [2.24, 2.45) is 5.41 Å². The van der Waals surface area contributed by atoms with Gasteiger partial charge in [0.25, 0.3) is 0 Å². The van der Waals surface area contributed by atoms with E-state index in [1.165, 1.54) is 0 Å². The number of carbonyl (C=O) groups is 2. The number of benzene rings is 2. The van der Waals surface area contributed by atoms with Crippen LogP contribution in [0.5, 0.6) is 0 Å². The fourth-order valence-corrected chi connectivity index (χ4v) is 5.43. The molecule has 2 aliphatic rings. The molecule has 1 spiro atoms. The van der Waals surface area contributed by atoms with Crippen molar-refractivity contribution in [2.45, 2.75) is 50.4 Å². The van der Waals surface area contributed by atoms with E-state index < -0.39 is 5.41 Å². The number of carbonyl (C=O) groups excluding carboxylic acids is 2. The fraction of sp³-hybridized carbons (Fsp3) is 0.391. The van der Waals surface area contributed by atoms with Gasteiger partial charge in [0.15, 0.2) is 0 Å². The van der Waals surface area contributed by atoms with E-state index >= 15 is 0 Å². The van der Waals surface area contributed by atoms with Gasteiger partial charge in [-0.1, -0.05) is 53.9 Å². The maximum absolute atomic E-state index is 13.4. The van der Waals surface area contributed by atoms with E-state index in [0.717, 1.165) is 30.4 Å². The van der Waals surface area contributed by atoms with Gasteiger partial charge in [0, 0.05) is 46.6 Å². The smallest absolute Gasteiger partial charge is 0.140 e. The van der Waals surface area contributed by atoms with Crippen LogP contribution in [0.2, 0.25) is 10.0 Å². The van der Waals surface area contributed by atoms with Crippen molar-refractivity contribution >= 4 is 34.8 Å². The fourth-order valence-electron chi connectivity index (χ4n) is 5.18. The Labute approximate surface area is 169 Å². The van der Waals surface area contributed by atoms with E-state index in [4.69, 9.17) is 23.2 Å². The van der Waals surface area contributed by atoms with Crippen molar-refractivity contribution in [3.63, 3.8) is 0 Å². The van der Waals surface area contributed by atoms with Crippen LogP contribution in [0.1, 0.15) is 61.5 Å². The summed E-state index contributed by atoms with van der Waals surface area (Å²) in [5, 5.41) is 1.33. The Morgan fingerprint density at radius 1 is 0.741 bits per heavy atom. The van der Waals surface area contributed by atoms with E-state index in [9.17, 15) is 9.59 Å². The van der Waals surface area contributed by atoms with Crippen LogP contribution in [0.25, 0.3) is 0 Å². The van der Waals surface area contributed by atoms with Gasteiger partial charge in [-0.2, -0.15) is 0 Å². The predicted octanol–water partition coefficient (Wildman–Crippen LogP) is 6.35. The summed E-state index contributed by atoms with van der Waals surface area (Å²) in [4.78, 5) is 26.1. The monoisotopic (exact) mass is 400 g/mol. The highest BCUT2D eigenvalue weighted by Gasteiger charge is 2.55. The van der Waals surface area contributed by atoms with Crippen LogP contribution in [0.15, 0.2) is 48.5 Å². The number of hydrogen-bond donors (Lipinski definition) is 0. The molecule has 4 heteroatoms. The molecule has 0 saturated heterocycles. The van der Waals surface area contributed by atoms with Gasteiger partial charge < -0.3 is 0 Å². The average Bonchev–Trinajstić information content (AvgIpc) is 2.67. The Bertz CT molecular complexity index is 797. The highest BCUT2D eigenvalue weighted by atomic mass is 35.5. The van der Waals surface area contributed by atoms with Crippen molar-refractivity contribution in [3.8, 4) is 0 Å². The Morgan fingerprint density at radius 3 is 1.67 bits per heavy atom. The SMILES string of the molecule is O=C1CC(c2ccc(Cl)cc2)C2(CCCCC2=O)C(c2ccc(Cl)cc2)C1. The van der Waals surface area contributed by atoms with Crippen molar-refractivity contribution in [3.05, 3.63) is 69.7 Å². The summed E-state index contributed by atoms with van der Waals surface area (Å²) < 4.78 is 0. The van der Waals surface area contributed by atoms with Crippen LogP contribution in [0.4, 0.5) is 0 Å². The quantitative estimate of drug-likeness (QED) is 0.587. The minimum Gasteiger partial charge on any atom is -0.300 e. The summed E-state index contributed by atoms with van der Waals surface area (Å²) in [6.07, 6.45) is 4.25. The third kappa shape index (κ3) is 3.34. The molecule has 2 nitrogen and oxygen atoms in total. The zero-order valence-corrected chi connectivity index (χ0v) is 16.6. The number of rotatable bonds is 2. The van der Waals surface area contributed by atoms with Crippen LogP contribution in [0.3, 0.4) is 0 Å². The molecule has 2 aromatic rings. The molecular weight excluding hydrogens is 379 g/mol. The van der Waals surface area contributed by atoms with Gasteiger partial charge in [0.2, 0.25) is 0 Å². The van der Waals surface area contributed by atoms with E-state index in [-0.39, 0.29) is 17.6 Å². The zero-order valence-electron chi connectivity index (χ0n) is 15.1. The molecule has 0 amide bonds. The zero-order chi connectivity index (χ0) is 19.0. The van der Waals surface area contributed by atoms with Gasteiger partial charge >= 0.3 is 0 Å². The van der Waals surface area contributed by atoms with Crippen molar-refractivity contribution in [1.29, 1.82) is 0 Å². The normalized spacial score (nSPS) is 28.5. The molecule has 0 radical (unpaired) electrons. The van der Waals surface area contributed by atoms with E-state index in [1.54, 1.807) is 0 Å². The number of Topliss-reactive ketones (excluding diaryl/α,β-unsaturated/α-hetero) is 2. The Hall–Kier alpha value is -1.64. The summed E-state index contributed by atoms with van der Waals surface area (Å²) >= 11 is 12.2. The van der Waals surface area contributed by atoms with Gasteiger partial charge in [-0.3, -0.25) is 9.59 Å². The third-order valence-corrected chi connectivity index (χ3v) is 6.92. The summed E-state index contributed by atoms with van der Waals surface area (Å²) in [5.41, 5.74) is 1.57. The molecule has 2 saturated carbocycles. The lowest BCUT2D eigenvalue weighted by molar-refractivity contribution is -0.140. The lowest BCUT2D eigenvalue weighted by Gasteiger charge is -2.50. The van der Waals surface area contributed by atoms with E-state index in [0.29, 0.717) is 35.1 Å². The Kier molecular flexibility index (Phi) is 5.13. The summed E-state index contributed by atoms with van der Waals surface area (Å²) in [5.74, 6) is 0.342. The number of hydrogen-bond acceptors (Lipinski definition) is 2. The predicted molar refractivity (Wildman–Crippen MR) is 109 cm³/mol. The third-order valence-electron chi connectivity index (χ3n) is 6.42. The van der Waals surface area contributed by atoms with E-state index in [2.05, 4.69) is 0 Å². The molecule has 2 fully saturated rings. The summed E-state index contributed by atoms with van der Waals surface area (Å²) in [7, 11) is 0. The van der Waals surface area contributed by atoms with Crippen LogP contribution < -0.4 is 0 Å². The van der Waals surface area contributed by atoms with Crippen LogP contribution in [0, 0.1) is 5.41 Å². The maximum Gasteiger partial charge on any atom is 0.140 e. The van der Waals surface area contributed by atoms with Crippen LogP contribution >= 0.6 is 23.2 Å². The molecule has 4 rings (SSSR count). The Balaban J connectivity index is 1.86. The molecule has 2 aromatic carbocycles. The number of halogens is 2. The minimum absolute atomic E-state index is 0.0931. The molecule has 0 N–H and O–H groups in total. The van der Waals surface area contributed by atoms with Gasteiger partial charge in [0.1, 0.15) is 11.6 Å². The second-order valence-corrected chi connectivity index (χ2v) is 8.70. The molecule has 0 heterocycles. The van der Waals surface area contributed by atoms with Gasteiger partial charge in [-0.15, -0.1) is 0 Å². The Morgan fingerprint density at radius 2 is 1.22 bits per heavy atom. The van der Waals surface area contributed by atoms with E-state index in [1.807, 2.05) is 48.5 Å². The first kappa shape index (κ1) is 18.7. The molecule has 0 aromatic heterocycles. The second-order valence-electron chi connectivity index (χ2n) is 7.83. The number of ketones is 2. The topological polar surface area (TPSA) is 34.1 Å².